The number of nitrogens with one attached hydrogen (secondary N) is 1. The molecular formula is C18H22N2O4S2. The Morgan fingerprint density at radius 2 is 2.08 bits per heavy atom. The van der Waals surface area contributed by atoms with Gasteiger partial charge in [0.05, 0.1) is 6.10 Å². The zero-order valence-corrected chi connectivity index (χ0v) is 16.1. The Morgan fingerprint density at radius 3 is 2.69 bits per heavy atom. The van der Waals surface area contributed by atoms with Crippen LogP contribution < -0.4 is 4.72 Å². The van der Waals surface area contributed by atoms with E-state index in [1.165, 1.54) is 0 Å². The average Bonchev–Trinajstić information content (AvgIpc) is 3.26. The Labute approximate surface area is 157 Å². The number of carbonyl (C=O) groups is 1. The topological polar surface area (TPSA) is 86.7 Å². The van der Waals surface area contributed by atoms with Gasteiger partial charge in [-0.3, -0.25) is 9.52 Å². The number of sulfonamides is 1. The molecule has 1 aliphatic rings. The lowest BCUT2D eigenvalue weighted by Gasteiger charge is -2.25. The first-order valence-electron chi connectivity index (χ1n) is 8.52. The number of nitrogens with zero attached hydrogens (tertiary/aromatic N) is 1. The molecule has 1 amide bonds. The van der Waals surface area contributed by atoms with E-state index in [-0.39, 0.29) is 16.2 Å². The second-order valence-electron chi connectivity index (χ2n) is 6.49. The van der Waals surface area contributed by atoms with E-state index in [2.05, 4.69) is 4.72 Å². The lowest BCUT2D eigenvalue weighted by Crippen LogP contribution is -2.37. The number of benzene rings is 1. The van der Waals surface area contributed by atoms with Crippen molar-refractivity contribution in [3.63, 3.8) is 0 Å². The van der Waals surface area contributed by atoms with Gasteiger partial charge in [-0.05, 0) is 61.9 Å². The van der Waals surface area contributed by atoms with Crippen molar-refractivity contribution < 1.29 is 18.3 Å². The van der Waals surface area contributed by atoms with Crippen molar-refractivity contribution in [2.45, 2.75) is 42.5 Å². The lowest BCUT2D eigenvalue weighted by atomic mass is 10.1. The first kappa shape index (κ1) is 18.9. The van der Waals surface area contributed by atoms with Gasteiger partial charge in [0.2, 0.25) is 0 Å². The molecule has 8 heteroatoms. The van der Waals surface area contributed by atoms with Crippen LogP contribution in [0, 0.1) is 0 Å². The third kappa shape index (κ3) is 4.25. The van der Waals surface area contributed by atoms with Crippen molar-refractivity contribution in [3.05, 3.63) is 47.3 Å². The van der Waals surface area contributed by atoms with E-state index in [0.29, 0.717) is 24.2 Å². The fraction of sp³-hybridized carbons (Fsp3) is 0.389. The molecule has 2 heterocycles. The molecule has 0 unspecified atom stereocenters. The monoisotopic (exact) mass is 394 g/mol. The summed E-state index contributed by atoms with van der Waals surface area (Å²) in [6, 6.07) is 9.73. The number of hydrogen-bond donors (Lipinski definition) is 2. The summed E-state index contributed by atoms with van der Waals surface area (Å²) < 4.78 is 27.2. The quantitative estimate of drug-likeness (QED) is 0.789. The highest BCUT2D eigenvalue weighted by Crippen LogP contribution is 2.25. The summed E-state index contributed by atoms with van der Waals surface area (Å²) in [7, 11) is -3.60. The average molecular weight is 395 g/mol. The van der Waals surface area contributed by atoms with Crippen molar-refractivity contribution in [3.8, 4) is 0 Å². The Hall–Kier alpha value is -1.90. The molecule has 3 rings (SSSR count). The van der Waals surface area contributed by atoms with Crippen LogP contribution in [0.3, 0.4) is 0 Å². The van der Waals surface area contributed by atoms with Gasteiger partial charge in [-0.25, -0.2) is 8.42 Å². The van der Waals surface area contributed by atoms with E-state index in [0.717, 1.165) is 24.2 Å². The summed E-state index contributed by atoms with van der Waals surface area (Å²) in [5, 5.41) is 11.3. The van der Waals surface area contributed by atoms with Crippen LogP contribution in [0.1, 0.15) is 36.5 Å². The van der Waals surface area contributed by atoms with Crippen molar-refractivity contribution in [1.82, 2.24) is 4.90 Å². The van der Waals surface area contributed by atoms with Gasteiger partial charge in [0.25, 0.3) is 15.9 Å². The molecule has 0 radical (unpaired) electrons. The molecule has 26 heavy (non-hydrogen) atoms. The number of thiophene rings is 1. The van der Waals surface area contributed by atoms with Gasteiger partial charge in [0.1, 0.15) is 4.21 Å². The smallest absolute Gasteiger partial charge is 0.271 e. The highest BCUT2D eigenvalue weighted by atomic mass is 32.2. The van der Waals surface area contributed by atoms with Crippen molar-refractivity contribution in [2.75, 3.05) is 11.3 Å². The SMILES string of the molecule is C[C@H](O)C[C@H]1CCCN1C(=O)c1ccc(NS(=O)(=O)c2cccs2)cc1. The molecule has 1 aromatic carbocycles. The van der Waals surface area contributed by atoms with E-state index in [9.17, 15) is 18.3 Å². The van der Waals surface area contributed by atoms with Crippen molar-refractivity contribution in [2.24, 2.45) is 0 Å². The standard InChI is InChI=1S/C18H22N2O4S2/c1-13(21)12-16-4-2-10-20(16)18(22)14-6-8-15(9-7-14)19-26(23,24)17-5-3-11-25-17/h3,5-9,11,13,16,19,21H,2,4,10,12H2,1H3/t13-,16+/m0/s1. The van der Waals surface area contributed by atoms with Crippen LogP contribution in [0.15, 0.2) is 46.0 Å². The molecule has 0 bridgehead atoms. The lowest BCUT2D eigenvalue weighted by molar-refractivity contribution is 0.0682. The zero-order chi connectivity index (χ0) is 18.7. The first-order chi connectivity index (χ1) is 12.4. The summed E-state index contributed by atoms with van der Waals surface area (Å²) in [5.74, 6) is -0.0826. The summed E-state index contributed by atoms with van der Waals surface area (Å²) in [5.41, 5.74) is 0.929. The predicted molar refractivity (Wildman–Crippen MR) is 102 cm³/mol. The maximum atomic E-state index is 12.7. The maximum Gasteiger partial charge on any atom is 0.271 e. The van der Waals surface area contributed by atoms with Crippen LogP contribution in [-0.4, -0.2) is 43.0 Å². The number of anilines is 1. The Morgan fingerprint density at radius 1 is 1.35 bits per heavy atom. The number of aliphatic hydroxyl groups is 1. The van der Waals surface area contributed by atoms with Crippen LogP contribution in [0.5, 0.6) is 0 Å². The number of hydrogen-bond acceptors (Lipinski definition) is 5. The van der Waals surface area contributed by atoms with Crippen molar-refractivity contribution >= 4 is 33.0 Å². The van der Waals surface area contributed by atoms with E-state index in [4.69, 9.17) is 0 Å². The highest BCUT2D eigenvalue weighted by Gasteiger charge is 2.30. The largest absolute Gasteiger partial charge is 0.393 e. The van der Waals surface area contributed by atoms with Gasteiger partial charge < -0.3 is 10.0 Å². The molecule has 1 aromatic heterocycles. The molecule has 0 saturated carbocycles. The molecule has 1 fully saturated rings. The van der Waals surface area contributed by atoms with Crippen LogP contribution in [0.2, 0.25) is 0 Å². The van der Waals surface area contributed by atoms with Crippen LogP contribution in [0.4, 0.5) is 5.69 Å². The summed E-state index contributed by atoms with van der Waals surface area (Å²) >= 11 is 1.15. The second kappa shape index (κ2) is 7.77. The van der Waals surface area contributed by atoms with E-state index < -0.39 is 16.1 Å². The molecule has 2 N–H and O–H groups in total. The summed E-state index contributed by atoms with van der Waals surface area (Å²) in [6.45, 7) is 2.42. The van der Waals surface area contributed by atoms with Crippen molar-refractivity contribution in [1.29, 1.82) is 0 Å². The third-order valence-corrected chi connectivity index (χ3v) is 7.17. The van der Waals surface area contributed by atoms with Crippen LogP contribution in [-0.2, 0) is 10.0 Å². The summed E-state index contributed by atoms with van der Waals surface area (Å²) in [4.78, 5) is 14.5. The first-order valence-corrected chi connectivity index (χ1v) is 10.9. The zero-order valence-electron chi connectivity index (χ0n) is 14.5. The van der Waals surface area contributed by atoms with E-state index in [1.807, 2.05) is 0 Å². The fourth-order valence-corrected chi connectivity index (χ4v) is 5.26. The molecule has 0 spiro atoms. The Bertz CT molecular complexity index is 846. The molecule has 2 atom stereocenters. The molecular weight excluding hydrogens is 372 g/mol. The molecule has 6 nitrogen and oxygen atoms in total. The number of amides is 1. The van der Waals surface area contributed by atoms with Crippen LogP contribution in [0.25, 0.3) is 0 Å². The second-order valence-corrected chi connectivity index (χ2v) is 9.35. The third-order valence-electron chi connectivity index (χ3n) is 4.40. The fourth-order valence-electron chi connectivity index (χ4n) is 3.21. The van der Waals surface area contributed by atoms with Gasteiger partial charge >= 0.3 is 0 Å². The number of likely N-dealkylation sites (tertiary alicyclic amines) is 1. The molecule has 0 aliphatic carbocycles. The van der Waals surface area contributed by atoms with Gasteiger partial charge in [-0.15, -0.1) is 11.3 Å². The predicted octanol–water partition coefficient (Wildman–Crippen LogP) is 2.92. The number of carbonyl (C=O) groups excluding carboxylic acids is 1. The molecule has 140 valence electrons. The van der Waals surface area contributed by atoms with E-state index in [1.54, 1.807) is 53.6 Å². The Kier molecular flexibility index (Phi) is 5.64. The molecule has 1 aliphatic heterocycles. The van der Waals surface area contributed by atoms with Gasteiger partial charge in [0, 0.05) is 23.8 Å². The highest BCUT2D eigenvalue weighted by molar-refractivity contribution is 7.94. The normalized spacial score (nSPS) is 18.7. The van der Waals surface area contributed by atoms with Gasteiger partial charge in [-0.1, -0.05) is 6.07 Å². The maximum absolute atomic E-state index is 12.7. The number of aliphatic hydroxyl groups excluding tert-OH is 1. The minimum Gasteiger partial charge on any atom is -0.393 e. The summed E-state index contributed by atoms with van der Waals surface area (Å²) in [6.07, 6.45) is 1.96. The molecule has 1 saturated heterocycles. The minimum atomic E-state index is -3.60. The Balaban J connectivity index is 1.70. The van der Waals surface area contributed by atoms with Crippen LogP contribution >= 0.6 is 11.3 Å². The molecule has 2 aromatic rings. The van der Waals surface area contributed by atoms with Gasteiger partial charge in [0.15, 0.2) is 0 Å². The minimum absolute atomic E-state index is 0.0551. The van der Waals surface area contributed by atoms with E-state index >= 15 is 0 Å². The van der Waals surface area contributed by atoms with Gasteiger partial charge in [-0.2, -0.15) is 0 Å². The number of rotatable bonds is 6.